The van der Waals surface area contributed by atoms with Gasteiger partial charge in [0, 0.05) is 6.42 Å². The van der Waals surface area contributed by atoms with E-state index in [-0.39, 0.29) is 5.56 Å². The lowest BCUT2D eigenvalue weighted by molar-refractivity contribution is -0.138. The van der Waals surface area contributed by atoms with Gasteiger partial charge in [-0.1, -0.05) is 12.1 Å². The van der Waals surface area contributed by atoms with Gasteiger partial charge in [0.2, 0.25) is 0 Å². The zero-order valence-electron chi connectivity index (χ0n) is 8.48. The third-order valence-corrected chi connectivity index (χ3v) is 1.93. The highest BCUT2D eigenvalue weighted by Gasteiger charge is 2.19. The summed E-state index contributed by atoms with van der Waals surface area (Å²) in [5.41, 5.74) is 0.283. The standard InChI is InChI=1S/C9H12N2O4/c1-3-7-6(4-10-15-7)8(12)11-5(2)9(13)14/h4-5H,3H2,1-2H3,(H,11,12)(H,13,14)/t5-/m0/s1. The summed E-state index contributed by atoms with van der Waals surface area (Å²) in [6, 6.07) is -0.933. The van der Waals surface area contributed by atoms with Crippen molar-refractivity contribution >= 4 is 11.9 Å². The molecule has 0 aliphatic carbocycles. The van der Waals surface area contributed by atoms with Crippen molar-refractivity contribution in [3.63, 3.8) is 0 Å². The van der Waals surface area contributed by atoms with E-state index in [2.05, 4.69) is 10.5 Å². The monoisotopic (exact) mass is 212 g/mol. The van der Waals surface area contributed by atoms with E-state index in [1.54, 1.807) is 0 Å². The Hall–Kier alpha value is -1.85. The number of carboxylic acid groups (broad SMARTS) is 1. The van der Waals surface area contributed by atoms with Crippen LogP contribution < -0.4 is 5.32 Å². The summed E-state index contributed by atoms with van der Waals surface area (Å²) in [6.07, 6.45) is 1.81. The van der Waals surface area contributed by atoms with Crippen molar-refractivity contribution in [2.75, 3.05) is 0 Å². The summed E-state index contributed by atoms with van der Waals surface area (Å²) in [4.78, 5) is 22.0. The minimum atomic E-state index is -1.09. The van der Waals surface area contributed by atoms with Crippen molar-refractivity contribution in [1.29, 1.82) is 0 Å². The summed E-state index contributed by atoms with van der Waals surface area (Å²) in [6.45, 7) is 3.21. The molecule has 0 radical (unpaired) electrons. The summed E-state index contributed by atoms with van der Waals surface area (Å²) in [7, 11) is 0. The highest BCUT2D eigenvalue weighted by Crippen LogP contribution is 2.08. The Morgan fingerprint density at radius 1 is 1.67 bits per heavy atom. The smallest absolute Gasteiger partial charge is 0.325 e. The third kappa shape index (κ3) is 2.55. The van der Waals surface area contributed by atoms with E-state index < -0.39 is 17.9 Å². The van der Waals surface area contributed by atoms with E-state index in [9.17, 15) is 9.59 Å². The number of hydrogen-bond acceptors (Lipinski definition) is 4. The fourth-order valence-corrected chi connectivity index (χ4v) is 1.04. The molecule has 0 aliphatic rings. The lowest BCUT2D eigenvalue weighted by Crippen LogP contribution is -2.38. The summed E-state index contributed by atoms with van der Waals surface area (Å²) in [5.74, 6) is -1.12. The molecule has 6 nitrogen and oxygen atoms in total. The van der Waals surface area contributed by atoms with Crippen LogP contribution in [0.25, 0.3) is 0 Å². The number of hydrogen-bond donors (Lipinski definition) is 2. The molecule has 0 saturated carbocycles. The number of carbonyl (C=O) groups excluding carboxylic acids is 1. The molecule has 1 heterocycles. The zero-order chi connectivity index (χ0) is 11.4. The number of amides is 1. The molecular weight excluding hydrogens is 200 g/mol. The number of carboxylic acids is 1. The second-order valence-corrected chi connectivity index (χ2v) is 3.05. The summed E-state index contributed by atoms with van der Waals surface area (Å²) in [5, 5.41) is 14.4. The molecule has 6 heteroatoms. The van der Waals surface area contributed by atoms with Crippen LogP contribution in [0.2, 0.25) is 0 Å². The average Bonchev–Trinajstić information content (AvgIpc) is 2.64. The summed E-state index contributed by atoms with van der Waals surface area (Å²) >= 11 is 0. The zero-order valence-corrected chi connectivity index (χ0v) is 8.48. The van der Waals surface area contributed by atoms with Crippen LogP contribution in [0, 0.1) is 0 Å². The van der Waals surface area contributed by atoms with Crippen LogP contribution in [0.1, 0.15) is 30.0 Å². The minimum absolute atomic E-state index is 0.283. The quantitative estimate of drug-likeness (QED) is 0.755. The first-order chi connectivity index (χ1) is 7.06. The van der Waals surface area contributed by atoms with Gasteiger partial charge < -0.3 is 14.9 Å². The largest absolute Gasteiger partial charge is 0.480 e. The van der Waals surface area contributed by atoms with Gasteiger partial charge in [0.1, 0.15) is 17.4 Å². The lowest BCUT2D eigenvalue weighted by Gasteiger charge is -2.07. The van der Waals surface area contributed by atoms with Crippen LogP contribution in [0.4, 0.5) is 0 Å². The van der Waals surface area contributed by atoms with Crippen molar-refractivity contribution in [3.8, 4) is 0 Å². The van der Waals surface area contributed by atoms with Crippen LogP contribution in [0.15, 0.2) is 10.7 Å². The Balaban J connectivity index is 2.73. The minimum Gasteiger partial charge on any atom is -0.480 e. The fraction of sp³-hybridized carbons (Fsp3) is 0.444. The number of nitrogens with one attached hydrogen (secondary N) is 1. The molecule has 0 bridgehead atoms. The van der Waals surface area contributed by atoms with Crippen LogP contribution in [-0.2, 0) is 11.2 Å². The van der Waals surface area contributed by atoms with Crippen molar-refractivity contribution in [2.24, 2.45) is 0 Å². The molecule has 82 valence electrons. The number of rotatable bonds is 4. The Kier molecular flexibility index (Phi) is 3.43. The van der Waals surface area contributed by atoms with E-state index in [4.69, 9.17) is 9.63 Å². The molecule has 0 spiro atoms. The number of aryl methyl sites for hydroxylation is 1. The van der Waals surface area contributed by atoms with Crippen molar-refractivity contribution in [3.05, 3.63) is 17.5 Å². The SMILES string of the molecule is CCc1oncc1C(=O)N[C@@H](C)C(=O)O. The van der Waals surface area contributed by atoms with Gasteiger partial charge in [-0.05, 0) is 6.92 Å². The van der Waals surface area contributed by atoms with Gasteiger partial charge in [-0.25, -0.2) is 0 Å². The van der Waals surface area contributed by atoms with E-state index in [0.29, 0.717) is 12.2 Å². The first-order valence-corrected chi connectivity index (χ1v) is 4.53. The van der Waals surface area contributed by atoms with Gasteiger partial charge in [-0.3, -0.25) is 9.59 Å². The maximum absolute atomic E-state index is 11.5. The average molecular weight is 212 g/mol. The van der Waals surface area contributed by atoms with Crippen LogP contribution in [0.5, 0.6) is 0 Å². The molecule has 0 saturated heterocycles. The molecule has 15 heavy (non-hydrogen) atoms. The van der Waals surface area contributed by atoms with Crippen LogP contribution in [-0.4, -0.2) is 28.2 Å². The molecule has 1 amide bonds. The molecule has 0 fully saturated rings. The Morgan fingerprint density at radius 3 is 2.87 bits per heavy atom. The first-order valence-electron chi connectivity index (χ1n) is 4.53. The Morgan fingerprint density at radius 2 is 2.33 bits per heavy atom. The normalized spacial score (nSPS) is 12.1. The third-order valence-electron chi connectivity index (χ3n) is 1.93. The topological polar surface area (TPSA) is 92.4 Å². The van der Waals surface area contributed by atoms with Gasteiger partial charge in [0.25, 0.3) is 5.91 Å². The predicted octanol–water partition coefficient (Wildman–Crippen LogP) is 0.440. The second kappa shape index (κ2) is 4.59. The van der Waals surface area contributed by atoms with Gasteiger partial charge in [0.05, 0.1) is 6.20 Å². The maximum Gasteiger partial charge on any atom is 0.325 e. The van der Waals surface area contributed by atoms with Crippen molar-refractivity contribution in [2.45, 2.75) is 26.3 Å². The van der Waals surface area contributed by atoms with Crippen molar-refractivity contribution < 1.29 is 19.2 Å². The van der Waals surface area contributed by atoms with Gasteiger partial charge in [0.15, 0.2) is 0 Å². The number of aliphatic carboxylic acids is 1. The van der Waals surface area contributed by atoms with E-state index in [1.165, 1.54) is 13.1 Å². The lowest BCUT2D eigenvalue weighted by atomic mass is 10.2. The van der Waals surface area contributed by atoms with Crippen LogP contribution in [0.3, 0.4) is 0 Å². The molecule has 2 N–H and O–H groups in total. The Bertz CT molecular complexity index is 372. The first kappa shape index (κ1) is 11.2. The molecule has 0 aliphatic heterocycles. The number of nitrogens with zero attached hydrogens (tertiary/aromatic N) is 1. The molecule has 1 aromatic heterocycles. The number of carbonyl (C=O) groups is 2. The molecular formula is C9H12N2O4. The molecule has 0 aromatic carbocycles. The Labute approximate surface area is 86.3 Å². The van der Waals surface area contributed by atoms with Crippen molar-refractivity contribution in [1.82, 2.24) is 10.5 Å². The summed E-state index contributed by atoms with van der Waals surface area (Å²) < 4.78 is 4.82. The molecule has 1 rings (SSSR count). The predicted molar refractivity (Wildman–Crippen MR) is 50.4 cm³/mol. The van der Waals surface area contributed by atoms with Crippen LogP contribution >= 0.6 is 0 Å². The van der Waals surface area contributed by atoms with Gasteiger partial charge in [-0.15, -0.1) is 0 Å². The highest BCUT2D eigenvalue weighted by atomic mass is 16.5. The van der Waals surface area contributed by atoms with E-state index in [1.807, 2.05) is 6.92 Å². The molecule has 0 unspecified atom stereocenters. The van der Waals surface area contributed by atoms with E-state index in [0.717, 1.165) is 0 Å². The second-order valence-electron chi connectivity index (χ2n) is 3.05. The molecule has 1 aromatic rings. The molecule has 1 atom stereocenters. The van der Waals surface area contributed by atoms with Gasteiger partial charge in [-0.2, -0.15) is 0 Å². The fourth-order valence-electron chi connectivity index (χ4n) is 1.04. The van der Waals surface area contributed by atoms with E-state index >= 15 is 0 Å². The van der Waals surface area contributed by atoms with Gasteiger partial charge >= 0.3 is 5.97 Å². The maximum atomic E-state index is 11.5. The number of aromatic nitrogens is 1. The highest BCUT2D eigenvalue weighted by molar-refractivity contribution is 5.97.